The molecule has 1 saturated heterocycles. The van der Waals surface area contributed by atoms with Crippen LogP contribution in [0.3, 0.4) is 0 Å². The number of nitrogens with one attached hydrogen (secondary N) is 1. The lowest BCUT2D eigenvalue weighted by Gasteiger charge is -2.77. The van der Waals surface area contributed by atoms with Crippen molar-refractivity contribution in [2.75, 3.05) is 25.2 Å². The number of aromatic hydroxyl groups is 3. The molecule has 86 heavy (non-hydrogen) atoms. The Morgan fingerprint density at radius 3 is 2.42 bits per heavy atom. The average molecular weight is 1190 g/mol. The number of aliphatic hydroxyl groups is 4. The lowest BCUT2D eigenvalue weighted by molar-refractivity contribution is -0.182. The smallest absolute Gasteiger partial charge is 0.160 e. The van der Waals surface area contributed by atoms with Crippen LogP contribution in [0, 0.1) is 75.9 Å². The monoisotopic (exact) mass is 1190 g/mol. The fourth-order valence-electron chi connectivity index (χ4n) is 23.0. The molecule has 2 aliphatic heterocycles. The van der Waals surface area contributed by atoms with Crippen LogP contribution in [-0.4, -0.2) is 91.0 Å². The summed E-state index contributed by atoms with van der Waals surface area (Å²) in [6, 6.07) is 22.1. The van der Waals surface area contributed by atoms with Crippen molar-refractivity contribution in [3.05, 3.63) is 151 Å². The molecule has 16 bridgehead atoms. The van der Waals surface area contributed by atoms with Gasteiger partial charge in [-0.1, -0.05) is 125 Å². The van der Waals surface area contributed by atoms with E-state index in [0.29, 0.717) is 49.3 Å². The van der Waals surface area contributed by atoms with Crippen molar-refractivity contribution in [1.29, 1.82) is 0 Å². The van der Waals surface area contributed by atoms with Gasteiger partial charge in [0.15, 0.2) is 23.0 Å². The van der Waals surface area contributed by atoms with Gasteiger partial charge in [-0.15, -0.1) is 0 Å². The lowest BCUT2D eigenvalue weighted by Crippen LogP contribution is -2.78. The van der Waals surface area contributed by atoms with Gasteiger partial charge >= 0.3 is 0 Å². The molecule has 2 heterocycles. The van der Waals surface area contributed by atoms with Gasteiger partial charge in [-0.2, -0.15) is 0 Å². The number of hydrogen-bond acceptors (Lipinski definition) is 12. The summed E-state index contributed by atoms with van der Waals surface area (Å²) < 4.78 is 5.81. The van der Waals surface area contributed by atoms with Crippen LogP contribution in [0.4, 0.5) is 0 Å². The van der Waals surface area contributed by atoms with Gasteiger partial charge in [0.1, 0.15) is 5.78 Å². The number of rotatable bonds is 5. The van der Waals surface area contributed by atoms with Crippen molar-refractivity contribution in [3.63, 3.8) is 0 Å². The molecule has 18 atom stereocenters. The van der Waals surface area contributed by atoms with E-state index < -0.39 is 58.7 Å². The molecule has 10 nitrogen and oxygen atoms in total. The van der Waals surface area contributed by atoms with Gasteiger partial charge in [0.05, 0.1) is 32.0 Å². The fraction of sp³-hybridized carbons (Fsp3) is 0.554. The standard InChI is InChI=1S/C74H81NO9S2/c1-84-66-29-49(43(34-76)22-65(66)82)48-26-61(78)53-21-42-20-46-19-41-18-44(60(77)25-47(41)42)35-85-86-36-54-50-24-59(71(46)14-6-3-7-15-71)62(79)27-51(50)56-23-45-11-8-16-72(45)37-73(56)57(54)32-68-74(58-30-64(81)63(80)28-52(58)55(72)31-67(73)74)69(70(53)83)40(33-75-68)13-12-39(48)17-38-9-4-2-5-10-38/h2,4-5,9-10,19-20,22-24,28-30,39-40,44-45,48,51,53,55,57,60,62,67-70,75-77,79-83H,3,6-8,11,14-18,21,25-27,31-37H2,1H3. The number of aliphatic hydroxyl groups excluding tert-OH is 4. The maximum atomic E-state index is 17.1. The third kappa shape index (κ3) is 7.52. The molecule has 19 rings (SSSR count). The zero-order valence-corrected chi connectivity index (χ0v) is 50.9. The number of carbonyl (C=O) groups excluding carboxylic acids is 1. The number of carbonyl (C=O) groups is 1. The molecule has 448 valence electrons. The molecule has 4 aromatic carbocycles. The number of allylic oxidation sites excluding steroid dienone is 4. The quantitative estimate of drug-likeness (QED) is 0.0411. The van der Waals surface area contributed by atoms with Crippen LogP contribution in [0.2, 0.25) is 0 Å². The summed E-state index contributed by atoms with van der Waals surface area (Å²) in [7, 11) is 5.40. The first-order valence-electron chi connectivity index (χ1n) is 32.8. The Hall–Kier alpha value is -4.97. The Morgan fingerprint density at radius 1 is 0.791 bits per heavy atom. The molecule has 0 radical (unpaired) electrons. The second kappa shape index (κ2) is 20.0. The molecular weight excluding hydrogens is 1110 g/mol. The van der Waals surface area contributed by atoms with Crippen molar-refractivity contribution in [2.24, 2.45) is 64.1 Å². The average Bonchev–Trinajstić information content (AvgIpc) is 0.794. The summed E-state index contributed by atoms with van der Waals surface area (Å²) in [5.74, 6) is 6.78. The van der Waals surface area contributed by atoms with Crippen molar-refractivity contribution >= 4 is 27.4 Å². The van der Waals surface area contributed by atoms with E-state index in [-0.39, 0.29) is 94.7 Å². The summed E-state index contributed by atoms with van der Waals surface area (Å²) in [6.07, 6.45) is 16.3. The summed E-state index contributed by atoms with van der Waals surface area (Å²) >= 11 is 0. The van der Waals surface area contributed by atoms with Gasteiger partial charge in [0, 0.05) is 82.3 Å². The summed E-state index contributed by atoms with van der Waals surface area (Å²) in [5, 5.41) is 92.0. The molecule has 4 aromatic rings. The maximum Gasteiger partial charge on any atom is 0.160 e. The van der Waals surface area contributed by atoms with E-state index in [1.54, 1.807) is 12.1 Å². The van der Waals surface area contributed by atoms with E-state index in [9.17, 15) is 35.7 Å². The Kier molecular flexibility index (Phi) is 12.8. The second-order valence-corrected chi connectivity index (χ2v) is 31.8. The molecule has 18 unspecified atom stereocenters. The number of Topliss-reactive ketones (excluding diaryl/α,β-unsaturated/α-hetero) is 1. The molecule has 8 N–H and O–H groups in total. The molecule has 0 aromatic heterocycles. The van der Waals surface area contributed by atoms with E-state index in [0.717, 1.165) is 116 Å². The van der Waals surface area contributed by atoms with E-state index in [2.05, 4.69) is 53.6 Å². The zero-order chi connectivity index (χ0) is 58.3. The lowest BCUT2D eigenvalue weighted by atomic mass is 9.27. The summed E-state index contributed by atoms with van der Waals surface area (Å²) in [6.45, 7) is 0.0880. The molecule has 12 heteroatoms. The number of hydrogen-bond donors (Lipinski definition) is 8. The first kappa shape index (κ1) is 55.1. The number of fused-ring (bicyclic) bond motifs is 5. The van der Waals surface area contributed by atoms with Gasteiger partial charge in [0.25, 0.3) is 0 Å². The van der Waals surface area contributed by atoms with E-state index >= 15 is 4.79 Å². The van der Waals surface area contributed by atoms with Crippen LogP contribution in [0.25, 0.3) is 0 Å². The van der Waals surface area contributed by atoms with Gasteiger partial charge in [0.2, 0.25) is 0 Å². The maximum absolute atomic E-state index is 17.1. The largest absolute Gasteiger partial charge is 0.504 e. The van der Waals surface area contributed by atoms with Gasteiger partial charge < -0.3 is 45.8 Å². The first-order chi connectivity index (χ1) is 41.8. The topological polar surface area (TPSA) is 180 Å². The van der Waals surface area contributed by atoms with Gasteiger partial charge in [-0.05, 0) is 198 Å². The highest BCUT2D eigenvalue weighted by molar-refractivity contribution is 8.76. The minimum absolute atomic E-state index is 0.000759. The minimum Gasteiger partial charge on any atom is -0.504 e. The number of ether oxygens (including phenoxy) is 1. The SMILES string of the molecule is COc1cc(C2CC(=O)C3Cc4cc5cc6c4CC(O)C(CSSCC4=C7C=C(C(O)CC7C7=CC8CCCC89CC78C4CC4NCC(C#CC2Cc2ccccc2)C(C3O)C42c3cc(O)c(O)cc3C9CC82)C52CCCCC2)C6)c(CO)cc1O. The van der Waals surface area contributed by atoms with Crippen LogP contribution in [-0.2, 0) is 47.9 Å². The minimum atomic E-state index is -1.23. The van der Waals surface area contributed by atoms with E-state index in [4.69, 9.17) is 4.74 Å². The zero-order valence-electron chi connectivity index (χ0n) is 49.3. The molecule has 13 aliphatic carbocycles. The van der Waals surface area contributed by atoms with Gasteiger partial charge in [-0.25, -0.2) is 0 Å². The molecule has 4 saturated carbocycles. The predicted octanol–water partition coefficient (Wildman–Crippen LogP) is 11.1. The Labute approximate surface area is 513 Å². The molecule has 5 fully saturated rings. The number of piperidine rings is 1. The Bertz CT molecular complexity index is 3690. The van der Waals surface area contributed by atoms with E-state index in [1.165, 1.54) is 35.0 Å². The normalized spacial score (nSPS) is 39.8. The van der Waals surface area contributed by atoms with E-state index in [1.807, 2.05) is 51.9 Å². The van der Waals surface area contributed by atoms with Crippen molar-refractivity contribution in [3.8, 4) is 34.8 Å². The third-order valence-electron chi connectivity index (χ3n) is 26.3. The predicted molar refractivity (Wildman–Crippen MR) is 334 cm³/mol. The molecule has 0 amide bonds. The highest BCUT2D eigenvalue weighted by Crippen LogP contribution is 2.83. The second-order valence-electron chi connectivity index (χ2n) is 29.3. The van der Waals surface area contributed by atoms with Crippen LogP contribution in [0.15, 0.2) is 101 Å². The molecule has 4 spiro atoms. The number of phenols is 3. The Balaban J connectivity index is 1.00. The number of methoxy groups -OCH3 is 1. The first-order valence-corrected chi connectivity index (χ1v) is 35.3. The number of phenolic OH excluding ortho intramolecular Hbond substituents is 3. The van der Waals surface area contributed by atoms with Gasteiger partial charge in [-0.3, -0.25) is 4.79 Å². The fourth-order valence-corrected chi connectivity index (χ4v) is 25.6. The van der Waals surface area contributed by atoms with Crippen LogP contribution in [0.5, 0.6) is 23.0 Å². The summed E-state index contributed by atoms with van der Waals surface area (Å²) in [4.78, 5) is 17.1. The highest BCUT2D eigenvalue weighted by atomic mass is 33.1. The summed E-state index contributed by atoms with van der Waals surface area (Å²) in [5.41, 5.74) is 12.6. The molecule has 15 aliphatic rings. The van der Waals surface area contributed by atoms with Crippen molar-refractivity contribution < 1.29 is 45.3 Å². The molecular formula is C74H81NO9S2. The highest BCUT2D eigenvalue weighted by Gasteiger charge is 2.78. The van der Waals surface area contributed by atoms with Crippen LogP contribution in [0.1, 0.15) is 145 Å². The van der Waals surface area contributed by atoms with Crippen molar-refractivity contribution in [2.45, 2.75) is 163 Å². The number of benzene rings is 4. The van der Waals surface area contributed by atoms with Crippen molar-refractivity contribution in [1.82, 2.24) is 5.32 Å². The van der Waals surface area contributed by atoms with Crippen LogP contribution < -0.4 is 10.1 Å². The number of ketones is 1. The third-order valence-corrected chi connectivity index (χ3v) is 28.7. The van der Waals surface area contributed by atoms with Crippen LogP contribution >= 0.6 is 21.6 Å². The Morgan fingerprint density at radius 2 is 1.60 bits per heavy atom.